The van der Waals surface area contributed by atoms with Crippen LogP contribution in [0, 0.1) is 0 Å². The number of carbonyl (C=O) groups excluding carboxylic acids is 1. The molecule has 2 aromatic carbocycles. The molecule has 3 atom stereocenters. The van der Waals surface area contributed by atoms with Crippen LogP contribution in [-0.2, 0) is 24.3 Å². The fraction of sp³-hybridized carbons (Fsp3) is 0.350. The molecule has 0 spiro atoms. The Balaban J connectivity index is 1.68. The van der Waals surface area contributed by atoms with Gasteiger partial charge in [0.05, 0.1) is 12.2 Å². The van der Waals surface area contributed by atoms with Gasteiger partial charge in [0.15, 0.2) is 0 Å². The van der Waals surface area contributed by atoms with E-state index in [9.17, 15) is 15.0 Å². The molecule has 0 saturated heterocycles. The number of aliphatic hydroxyl groups is 2. The van der Waals surface area contributed by atoms with Gasteiger partial charge < -0.3 is 15.1 Å². The second kappa shape index (κ2) is 6.56. The van der Waals surface area contributed by atoms with Gasteiger partial charge in [-0.1, -0.05) is 46.3 Å². The third kappa shape index (κ3) is 3.12. The Kier molecular flexibility index (Phi) is 4.40. The lowest BCUT2D eigenvalue weighted by Gasteiger charge is -2.33. The van der Waals surface area contributed by atoms with Crippen LogP contribution in [0.2, 0.25) is 0 Å². The molecule has 130 valence electrons. The minimum Gasteiger partial charge on any atom is -0.390 e. The SMILES string of the molecule is O=C1C[C@@H]2c3c(cccc3CN1Cc1ccc(Br)cc1)C[C@@H](O)[C@H]2O. The Morgan fingerprint density at radius 2 is 1.76 bits per heavy atom. The zero-order valence-electron chi connectivity index (χ0n) is 13.7. The zero-order valence-corrected chi connectivity index (χ0v) is 15.3. The second-order valence-corrected chi connectivity index (χ2v) is 7.85. The van der Waals surface area contributed by atoms with Crippen molar-refractivity contribution >= 4 is 21.8 Å². The zero-order chi connectivity index (χ0) is 17.6. The predicted molar refractivity (Wildman–Crippen MR) is 97.9 cm³/mol. The molecule has 25 heavy (non-hydrogen) atoms. The van der Waals surface area contributed by atoms with E-state index in [1.165, 1.54) is 0 Å². The van der Waals surface area contributed by atoms with Crippen molar-refractivity contribution in [1.82, 2.24) is 4.90 Å². The van der Waals surface area contributed by atoms with E-state index in [-0.39, 0.29) is 18.2 Å². The summed E-state index contributed by atoms with van der Waals surface area (Å²) < 4.78 is 1.01. The third-order valence-corrected chi connectivity index (χ3v) is 5.82. The molecule has 0 fully saturated rings. The lowest BCUT2D eigenvalue weighted by atomic mass is 9.76. The molecule has 5 heteroatoms. The topological polar surface area (TPSA) is 60.8 Å². The van der Waals surface area contributed by atoms with Gasteiger partial charge in [-0.3, -0.25) is 4.79 Å². The Morgan fingerprint density at radius 1 is 1.04 bits per heavy atom. The van der Waals surface area contributed by atoms with Gasteiger partial charge in [0.1, 0.15) is 0 Å². The van der Waals surface area contributed by atoms with Crippen molar-refractivity contribution < 1.29 is 15.0 Å². The first kappa shape index (κ1) is 16.8. The maximum Gasteiger partial charge on any atom is 0.223 e. The summed E-state index contributed by atoms with van der Waals surface area (Å²) in [6.45, 7) is 1.08. The van der Waals surface area contributed by atoms with E-state index in [1.807, 2.05) is 47.4 Å². The molecule has 2 aromatic rings. The molecule has 1 amide bonds. The van der Waals surface area contributed by atoms with Crippen LogP contribution in [-0.4, -0.2) is 33.2 Å². The molecule has 0 bridgehead atoms. The molecule has 1 aliphatic carbocycles. The fourth-order valence-electron chi connectivity index (χ4n) is 4.03. The summed E-state index contributed by atoms with van der Waals surface area (Å²) >= 11 is 3.43. The van der Waals surface area contributed by atoms with E-state index in [2.05, 4.69) is 15.9 Å². The fourth-order valence-corrected chi connectivity index (χ4v) is 4.30. The monoisotopic (exact) mass is 401 g/mol. The lowest BCUT2D eigenvalue weighted by Crippen LogP contribution is -2.39. The Morgan fingerprint density at radius 3 is 2.52 bits per heavy atom. The van der Waals surface area contributed by atoms with Gasteiger partial charge in [0.2, 0.25) is 5.91 Å². The molecule has 2 N–H and O–H groups in total. The maximum absolute atomic E-state index is 12.8. The highest BCUT2D eigenvalue weighted by Crippen LogP contribution is 2.40. The quantitative estimate of drug-likeness (QED) is 0.812. The minimum absolute atomic E-state index is 0.0169. The number of aliphatic hydroxyl groups excluding tert-OH is 2. The van der Waals surface area contributed by atoms with E-state index in [1.54, 1.807) is 0 Å². The third-order valence-electron chi connectivity index (χ3n) is 5.29. The minimum atomic E-state index is -0.884. The number of hydrogen-bond acceptors (Lipinski definition) is 3. The summed E-state index contributed by atoms with van der Waals surface area (Å²) in [6, 6.07) is 14.0. The summed E-state index contributed by atoms with van der Waals surface area (Å²) in [5, 5.41) is 20.6. The van der Waals surface area contributed by atoms with Crippen LogP contribution in [0.3, 0.4) is 0 Å². The molecule has 1 heterocycles. The van der Waals surface area contributed by atoms with E-state index >= 15 is 0 Å². The summed E-state index contributed by atoms with van der Waals surface area (Å²) in [4.78, 5) is 14.7. The molecule has 1 aliphatic heterocycles. The van der Waals surface area contributed by atoms with E-state index in [0.717, 1.165) is 26.7 Å². The van der Waals surface area contributed by atoms with Crippen LogP contribution in [0.1, 0.15) is 34.6 Å². The first-order valence-corrected chi connectivity index (χ1v) is 9.31. The van der Waals surface area contributed by atoms with Gasteiger partial charge >= 0.3 is 0 Å². The summed E-state index contributed by atoms with van der Waals surface area (Å²) in [7, 11) is 0. The molecule has 4 nitrogen and oxygen atoms in total. The average Bonchev–Trinajstić information content (AvgIpc) is 2.73. The molecular weight excluding hydrogens is 382 g/mol. The lowest BCUT2D eigenvalue weighted by molar-refractivity contribution is -0.133. The number of rotatable bonds is 2. The van der Waals surface area contributed by atoms with Crippen molar-refractivity contribution in [2.24, 2.45) is 0 Å². The van der Waals surface area contributed by atoms with Crippen molar-refractivity contribution in [2.75, 3.05) is 0 Å². The highest BCUT2D eigenvalue weighted by molar-refractivity contribution is 9.10. The van der Waals surface area contributed by atoms with Gasteiger partial charge in [0, 0.05) is 36.3 Å². The normalized spacial score (nSPS) is 25.5. The summed E-state index contributed by atoms with van der Waals surface area (Å²) in [5.41, 5.74) is 4.27. The summed E-state index contributed by atoms with van der Waals surface area (Å²) in [5.74, 6) is -0.305. The van der Waals surface area contributed by atoms with Gasteiger partial charge in [-0.2, -0.15) is 0 Å². The van der Waals surface area contributed by atoms with Crippen molar-refractivity contribution in [3.63, 3.8) is 0 Å². The Labute approximate surface area is 155 Å². The number of carbonyl (C=O) groups is 1. The maximum atomic E-state index is 12.8. The van der Waals surface area contributed by atoms with Crippen molar-refractivity contribution in [2.45, 2.75) is 44.1 Å². The van der Waals surface area contributed by atoms with Crippen LogP contribution in [0.15, 0.2) is 46.9 Å². The summed E-state index contributed by atoms with van der Waals surface area (Å²) in [6.07, 6.45) is -1.01. The smallest absolute Gasteiger partial charge is 0.223 e. The molecule has 0 unspecified atom stereocenters. The van der Waals surface area contributed by atoms with Crippen molar-refractivity contribution in [1.29, 1.82) is 0 Å². The van der Waals surface area contributed by atoms with Gasteiger partial charge in [-0.25, -0.2) is 0 Å². The Hall–Kier alpha value is -1.69. The molecule has 0 radical (unpaired) electrons. The van der Waals surface area contributed by atoms with Crippen LogP contribution in [0.5, 0.6) is 0 Å². The first-order chi connectivity index (χ1) is 12.0. The highest BCUT2D eigenvalue weighted by atomic mass is 79.9. The van der Waals surface area contributed by atoms with Crippen LogP contribution in [0.4, 0.5) is 0 Å². The predicted octanol–water partition coefficient (Wildman–Crippen LogP) is 2.74. The van der Waals surface area contributed by atoms with E-state index in [4.69, 9.17) is 0 Å². The second-order valence-electron chi connectivity index (χ2n) is 6.94. The number of hydrogen-bond donors (Lipinski definition) is 2. The van der Waals surface area contributed by atoms with Crippen LogP contribution >= 0.6 is 15.9 Å². The molecular formula is C20H20BrNO3. The Bertz CT molecular complexity index is 805. The average molecular weight is 402 g/mol. The van der Waals surface area contributed by atoms with Crippen LogP contribution < -0.4 is 0 Å². The standard InChI is InChI=1S/C20H20BrNO3/c21-15-6-4-12(5-7-15)10-22-11-14-3-1-2-13-8-17(23)20(25)16(19(13)14)9-18(22)24/h1-7,16-17,20,23,25H,8-11H2/t16-,17-,20+/m1/s1. The molecule has 4 rings (SSSR count). The number of benzene rings is 2. The van der Waals surface area contributed by atoms with Crippen molar-refractivity contribution in [3.8, 4) is 0 Å². The van der Waals surface area contributed by atoms with E-state index in [0.29, 0.717) is 19.5 Å². The van der Waals surface area contributed by atoms with Gasteiger partial charge in [-0.05, 0) is 34.4 Å². The van der Waals surface area contributed by atoms with Gasteiger partial charge in [0.25, 0.3) is 0 Å². The van der Waals surface area contributed by atoms with Gasteiger partial charge in [-0.15, -0.1) is 0 Å². The number of nitrogens with zero attached hydrogens (tertiary/aromatic N) is 1. The number of amides is 1. The molecule has 0 saturated carbocycles. The largest absolute Gasteiger partial charge is 0.390 e. The van der Waals surface area contributed by atoms with E-state index < -0.39 is 12.2 Å². The highest BCUT2D eigenvalue weighted by Gasteiger charge is 2.40. The first-order valence-electron chi connectivity index (χ1n) is 8.52. The van der Waals surface area contributed by atoms with Crippen LogP contribution in [0.25, 0.3) is 0 Å². The molecule has 0 aromatic heterocycles. The molecule has 2 aliphatic rings. The van der Waals surface area contributed by atoms with Crippen molar-refractivity contribution in [3.05, 3.63) is 69.2 Å². The number of halogens is 1.